The molecule has 0 aliphatic heterocycles. The summed E-state index contributed by atoms with van der Waals surface area (Å²) in [4.78, 5) is 22.3. The van der Waals surface area contributed by atoms with Gasteiger partial charge in [-0.1, -0.05) is 20.3 Å². The zero-order valence-corrected chi connectivity index (χ0v) is 12.5. The number of rotatable bonds is 4. The first-order chi connectivity index (χ1) is 9.99. The monoisotopic (exact) mass is 291 g/mol. The lowest BCUT2D eigenvalue weighted by molar-refractivity contribution is -0.384. The third kappa shape index (κ3) is 3.80. The van der Waals surface area contributed by atoms with Gasteiger partial charge in [0.1, 0.15) is 6.10 Å². The summed E-state index contributed by atoms with van der Waals surface area (Å²) in [7, 11) is 0. The Kier molecular flexibility index (Phi) is 4.94. The Morgan fingerprint density at radius 2 is 1.86 bits per heavy atom. The number of nitrogens with zero attached hydrogens (tertiary/aromatic N) is 1. The maximum absolute atomic E-state index is 12.2. The molecular weight excluding hydrogens is 270 g/mol. The number of hydrogen-bond donors (Lipinski definition) is 0. The first kappa shape index (κ1) is 15.5. The molecule has 0 amide bonds. The van der Waals surface area contributed by atoms with Crippen LogP contribution in [-0.2, 0) is 4.74 Å². The zero-order chi connectivity index (χ0) is 15.4. The minimum Gasteiger partial charge on any atom is -0.458 e. The lowest BCUT2D eigenvalue weighted by Gasteiger charge is -2.33. The summed E-state index contributed by atoms with van der Waals surface area (Å²) in [6.45, 7) is 4.31. The number of carbonyl (C=O) groups excluding carboxylic acids is 1. The highest BCUT2D eigenvalue weighted by atomic mass is 16.6. The average Bonchev–Trinajstić information content (AvgIpc) is 2.47. The van der Waals surface area contributed by atoms with E-state index in [-0.39, 0.29) is 17.8 Å². The van der Waals surface area contributed by atoms with E-state index in [1.54, 1.807) is 0 Å². The number of nitro benzene ring substituents is 1. The van der Waals surface area contributed by atoms with E-state index in [9.17, 15) is 14.9 Å². The molecule has 1 aromatic rings. The fraction of sp³-hybridized carbons (Fsp3) is 0.562. The molecule has 0 aromatic heterocycles. The molecule has 0 spiro atoms. The van der Waals surface area contributed by atoms with Crippen molar-refractivity contribution in [2.24, 2.45) is 11.8 Å². The third-order valence-corrected chi connectivity index (χ3v) is 4.18. The van der Waals surface area contributed by atoms with Crippen LogP contribution in [0.15, 0.2) is 24.3 Å². The van der Waals surface area contributed by atoms with Gasteiger partial charge in [0, 0.05) is 12.1 Å². The molecule has 2 rings (SSSR count). The van der Waals surface area contributed by atoms with Gasteiger partial charge in [-0.2, -0.15) is 0 Å². The fourth-order valence-electron chi connectivity index (χ4n) is 2.96. The van der Waals surface area contributed by atoms with Gasteiger partial charge in [0.05, 0.1) is 10.5 Å². The molecule has 21 heavy (non-hydrogen) atoms. The van der Waals surface area contributed by atoms with Crippen molar-refractivity contribution >= 4 is 11.7 Å². The van der Waals surface area contributed by atoms with Gasteiger partial charge in [0.15, 0.2) is 0 Å². The lowest BCUT2D eigenvalue weighted by Crippen LogP contribution is -2.33. The molecule has 1 saturated carbocycles. The Labute approximate surface area is 124 Å². The molecule has 1 aromatic carbocycles. The molecule has 2 atom stereocenters. The average molecular weight is 291 g/mol. The second-order valence-electron chi connectivity index (χ2n) is 5.94. The van der Waals surface area contributed by atoms with E-state index in [2.05, 4.69) is 13.8 Å². The van der Waals surface area contributed by atoms with Crippen LogP contribution in [0.1, 0.15) is 49.9 Å². The van der Waals surface area contributed by atoms with Gasteiger partial charge < -0.3 is 4.74 Å². The van der Waals surface area contributed by atoms with E-state index < -0.39 is 4.92 Å². The van der Waals surface area contributed by atoms with Crippen LogP contribution in [0, 0.1) is 22.0 Å². The van der Waals surface area contributed by atoms with E-state index in [0.29, 0.717) is 17.4 Å². The first-order valence-corrected chi connectivity index (χ1v) is 7.44. The summed E-state index contributed by atoms with van der Waals surface area (Å²) < 4.78 is 5.64. The number of carbonyl (C=O) groups is 1. The molecule has 0 heterocycles. The number of ether oxygens (including phenoxy) is 1. The molecule has 2 unspecified atom stereocenters. The van der Waals surface area contributed by atoms with Crippen molar-refractivity contribution in [2.75, 3.05) is 0 Å². The van der Waals surface area contributed by atoms with E-state index in [1.807, 2.05) is 0 Å². The van der Waals surface area contributed by atoms with Crippen LogP contribution in [0.25, 0.3) is 0 Å². The highest BCUT2D eigenvalue weighted by molar-refractivity contribution is 5.89. The number of esters is 1. The Balaban J connectivity index is 2.04. The van der Waals surface area contributed by atoms with Crippen LogP contribution in [0.5, 0.6) is 0 Å². The van der Waals surface area contributed by atoms with Gasteiger partial charge in [0.25, 0.3) is 5.69 Å². The Bertz CT molecular complexity index is 510. The number of nitro groups is 1. The highest BCUT2D eigenvalue weighted by Crippen LogP contribution is 2.32. The molecule has 5 nitrogen and oxygen atoms in total. The van der Waals surface area contributed by atoms with Crippen LogP contribution in [0.2, 0.25) is 0 Å². The van der Waals surface area contributed by atoms with Crippen molar-refractivity contribution in [1.82, 2.24) is 0 Å². The molecule has 1 aliphatic rings. The van der Waals surface area contributed by atoms with E-state index in [0.717, 1.165) is 19.3 Å². The predicted molar refractivity (Wildman–Crippen MR) is 79.1 cm³/mol. The molecule has 0 saturated heterocycles. The molecule has 0 radical (unpaired) electrons. The summed E-state index contributed by atoms with van der Waals surface area (Å²) in [6, 6.07) is 5.57. The van der Waals surface area contributed by atoms with Crippen molar-refractivity contribution in [3.05, 3.63) is 39.9 Å². The maximum atomic E-state index is 12.2. The minimum absolute atomic E-state index is 0.0238. The van der Waals surface area contributed by atoms with Crippen LogP contribution in [0.4, 0.5) is 5.69 Å². The van der Waals surface area contributed by atoms with Crippen LogP contribution in [-0.4, -0.2) is 17.0 Å². The molecule has 5 heteroatoms. The van der Waals surface area contributed by atoms with Gasteiger partial charge in [-0.15, -0.1) is 0 Å². The van der Waals surface area contributed by atoms with Crippen molar-refractivity contribution in [2.45, 2.75) is 45.6 Å². The van der Waals surface area contributed by atoms with Crippen molar-refractivity contribution in [3.63, 3.8) is 0 Å². The highest BCUT2D eigenvalue weighted by Gasteiger charge is 2.30. The van der Waals surface area contributed by atoms with Crippen molar-refractivity contribution < 1.29 is 14.5 Å². The summed E-state index contributed by atoms with van der Waals surface area (Å²) >= 11 is 0. The molecule has 0 N–H and O–H groups in total. The number of non-ortho nitro benzene ring substituents is 1. The Morgan fingerprint density at radius 3 is 2.43 bits per heavy atom. The molecule has 1 fully saturated rings. The van der Waals surface area contributed by atoms with Gasteiger partial charge in [-0.05, 0) is 43.2 Å². The van der Waals surface area contributed by atoms with Crippen LogP contribution >= 0.6 is 0 Å². The molecular formula is C16H21NO4. The SMILES string of the molecule is CC(C)C1CCCCC1OC(=O)c1ccc([N+](=O)[O-])cc1. The van der Waals surface area contributed by atoms with Crippen LogP contribution in [0.3, 0.4) is 0 Å². The Hall–Kier alpha value is -1.91. The number of benzene rings is 1. The summed E-state index contributed by atoms with van der Waals surface area (Å²) in [5.74, 6) is 0.503. The quantitative estimate of drug-likeness (QED) is 0.478. The number of hydrogen-bond acceptors (Lipinski definition) is 4. The van der Waals surface area contributed by atoms with Crippen LogP contribution < -0.4 is 0 Å². The lowest BCUT2D eigenvalue weighted by atomic mass is 9.79. The molecule has 114 valence electrons. The van der Waals surface area contributed by atoms with Crippen molar-refractivity contribution in [1.29, 1.82) is 0 Å². The van der Waals surface area contributed by atoms with Gasteiger partial charge in [-0.3, -0.25) is 10.1 Å². The topological polar surface area (TPSA) is 69.4 Å². The normalized spacial score (nSPS) is 22.0. The zero-order valence-electron chi connectivity index (χ0n) is 12.5. The molecule has 0 bridgehead atoms. The Morgan fingerprint density at radius 1 is 1.24 bits per heavy atom. The van der Waals surface area contributed by atoms with E-state index in [4.69, 9.17) is 4.74 Å². The summed E-state index contributed by atoms with van der Waals surface area (Å²) in [5.41, 5.74) is 0.345. The van der Waals surface area contributed by atoms with Crippen molar-refractivity contribution in [3.8, 4) is 0 Å². The summed E-state index contributed by atoms with van der Waals surface area (Å²) in [6.07, 6.45) is 4.23. The largest absolute Gasteiger partial charge is 0.458 e. The van der Waals surface area contributed by atoms with Gasteiger partial charge in [-0.25, -0.2) is 4.79 Å². The minimum atomic E-state index is -0.481. The van der Waals surface area contributed by atoms with E-state index in [1.165, 1.54) is 30.7 Å². The standard InChI is InChI=1S/C16H21NO4/c1-11(2)14-5-3-4-6-15(14)21-16(18)12-7-9-13(10-8-12)17(19)20/h7-11,14-15H,3-6H2,1-2H3. The first-order valence-electron chi connectivity index (χ1n) is 7.44. The molecule has 1 aliphatic carbocycles. The predicted octanol–water partition coefficient (Wildman–Crippen LogP) is 3.97. The third-order valence-electron chi connectivity index (χ3n) is 4.18. The van der Waals surface area contributed by atoms with E-state index >= 15 is 0 Å². The maximum Gasteiger partial charge on any atom is 0.338 e. The second-order valence-corrected chi connectivity index (χ2v) is 5.94. The fourth-order valence-corrected chi connectivity index (χ4v) is 2.96. The summed E-state index contributed by atoms with van der Waals surface area (Å²) in [5, 5.41) is 10.6. The second kappa shape index (κ2) is 6.70. The van der Waals surface area contributed by atoms with Gasteiger partial charge >= 0.3 is 5.97 Å². The van der Waals surface area contributed by atoms with Gasteiger partial charge in [0.2, 0.25) is 0 Å². The smallest absolute Gasteiger partial charge is 0.338 e.